The average molecular weight is 568 g/mol. The van der Waals surface area contributed by atoms with Crippen molar-refractivity contribution in [1.29, 1.82) is 0 Å². The molecule has 0 aliphatic rings. The highest BCUT2D eigenvalue weighted by Crippen LogP contribution is 2.29. The number of hydrogen-bond acceptors (Lipinski definition) is 6. The Labute approximate surface area is 246 Å². The molecule has 9 heteroatoms. The highest BCUT2D eigenvalue weighted by molar-refractivity contribution is 6.05. The van der Waals surface area contributed by atoms with Gasteiger partial charge in [-0.1, -0.05) is 51.1 Å². The molecule has 0 radical (unpaired) electrons. The largest absolute Gasteiger partial charge is 0.372 e. The number of carbonyl (C=O) groups excluding carboxylic acids is 2. The maximum Gasteiger partial charge on any atom is 0.293 e. The Morgan fingerprint density at radius 3 is 2.33 bits per heavy atom. The van der Waals surface area contributed by atoms with Gasteiger partial charge in [0.15, 0.2) is 5.82 Å². The molecule has 9 nitrogen and oxygen atoms in total. The number of carbonyl (C=O) groups is 2. The van der Waals surface area contributed by atoms with Gasteiger partial charge in [0.05, 0.1) is 5.69 Å². The first-order valence-electron chi connectivity index (χ1n) is 13.8. The monoisotopic (exact) mass is 567 g/mol. The Morgan fingerprint density at radius 2 is 1.64 bits per heavy atom. The average Bonchev–Trinajstić information content (AvgIpc) is 2.95. The fourth-order valence-corrected chi connectivity index (χ4v) is 4.39. The summed E-state index contributed by atoms with van der Waals surface area (Å²) < 4.78 is 6.61. The number of hydrogen-bond donors (Lipinski definition) is 3. The smallest absolute Gasteiger partial charge is 0.293 e. The van der Waals surface area contributed by atoms with Gasteiger partial charge in [0.1, 0.15) is 6.61 Å². The highest BCUT2D eigenvalue weighted by Gasteiger charge is 2.17. The van der Waals surface area contributed by atoms with Crippen LogP contribution in [0, 0.1) is 6.92 Å². The van der Waals surface area contributed by atoms with Gasteiger partial charge in [0, 0.05) is 48.0 Å². The van der Waals surface area contributed by atoms with E-state index in [1.54, 1.807) is 37.5 Å². The predicted octanol–water partition coefficient (Wildman–Crippen LogP) is 6.02. The number of nitrogens with one attached hydrogen (secondary N) is 3. The van der Waals surface area contributed by atoms with Crippen molar-refractivity contribution in [3.05, 3.63) is 100.0 Å². The molecule has 0 aliphatic heterocycles. The maximum atomic E-state index is 13.1. The van der Waals surface area contributed by atoms with Crippen LogP contribution in [0.25, 0.3) is 11.3 Å². The van der Waals surface area contributed by atoms with Crippen LogP contribution < -0.4 is 21.5 Å². The first-order chi connectivity index (χ1) is 20.0. The summed E-state index contributed by atoms with van der Waals surface area (Å²) in [5.74, 6) is -0.352. The minimum absolute atomic E-state index is 0.00116. The molecule has 0 atom stereocenters. The van der Waals surface area contributed by atoms with Gasteiger partial charge in [-0.15, -0.1) is 0 Å². The van der Waals surface area contributed by atoms with Gasteiger partial charge in [-0.3, -0.25) is 14.4 Å². The number of benzene rings is 3. The predicted molar refractivity (Wildman–Crippen MR) is 168 cm³/mol. The van der Waals surface area contributed by atoms with E-state index in [1.165, 1.54) is 4.57 Å². The van der Waals surface area contributed by atoms with Crippen molar-refractivity contribution < 1.29 is 14.3 Å². The third kappa shape index (κ3) is 7.30. The zero-order valence-corrected chi connectivity index (χ0v) is 24.9. The van der Waals surface area contributed by atoms with Gasteiger partial charge in [-0.05, 0) is 66.8 Å². The molecular formula is C33H37N5O4. The molecule has 42 heavy (non-hydrogen) atoms. The number of amides is 2. The van der Waals surface area contributed by atoms with Crippen molar-refractivity contribution in [3.8, 4) is 11.3 Å². The van der Waals surface area contributed by atoms with E-state index in [4.69, 9.17) is 4.74 Å². The molecule has 4 rings (SSSR count). The molecule has 4 aromatic rings. The van der Waals surface area contributed by atoms with Crippen molar-refractivity contribution in [3.63, 3.8) is 0 Å². The molecule has 0 saturated carbocycles. The first-order valence-corrected chi connectivity index (χ1v) is 13.8. The van der Waals surface area contributed by atoms with Crippen LogP contribution in [0.1, 0.15) is 49.2 Å². The van der Waals surface area contributed by atoms with Crippen LogP contribution >= 0.6 is 0 Å². The molecule has 0 aliphatic carbocycles. The molecule has 0 unspecified atom stereocenters. The van der Waals surface area contributed by atoms with Crippen LogP contribution in [-0.2, 0) is 22.0 Å². The number of ether oxygens (including phenoxy) is 1. The molecule has 1 aromatic heterocycles. The van der Waals surface area contributed by atoms with Crippen LogP contribution in [-0.4, -0.2) is 34.6 Å². The lowest BCUT2D eigenvalue weighted by atomic mass is 9.86. The van der Waals surface area contributed by atoms with Crippen LogP contribution in [0.15, 0.2) is 77.7 Å². The Morgan fingerprint density at radius 1 is 0.952 bits per heavy atom. The molecule has 1 heterocycles. The van der Waals surface area contributed by atoms with Gasteiger partial charge in [0.25, 0.3) is 11.5 Å². The van der Waals surface area contributed by atoms with E-state index in [1.807, 2.05) is 56.3 Å². The number of aromatic nitrogens is 2. The Balaban J connectivity index is 1.57. The summed E-state index contributed by atoms with van der Waals surface area (Å²) >= 11 is 0. The molecule has 0 spiro atoms. The molecule has 3 N–H and O–H groups in total. The number of rotatable bonds is 9. The third-order valence-electron chi connectivity index (χ3n) is 6.79. The topological polar surface area (TPSA) is 114 Å². The second kappa shape index (κ2) is 12.8. The Hall–Kier alpha value is -4.76. The van der Waals surface area contributed by atoms with E-state index in [2.05, 4.69) is 41.7 Å². The lowest BCUT2D eigenvalue weighted by Gasteiger charge is -2.19. The zero-order valence-electron chi connectivity index (χ0n) is 24.9. The Kier molecular flexibility index (Phi) is 9.22. The normalized spacial score (nSPS) is 11.2. The second-order valence-corrected chi connectivity index (χ2v) is 11.0. The maximum absolute atomic E-state index is 13.1. The van der Waals surface area contributed by atoms with E-state index in [-0.39, 0.29) is 35.2 Å². The van der Waals surface area contributed by atoms with Crippen molar-refractivity contribution >= 4 is 34.7 Å². The lowest BCUT2D eigenvalue weighted by molar-refractivity contribution is -0.120. The van der Waals surface area contributed by atoms with Crippen LogP contribution in [0.5, 0.6) is 0 Å². The number of nitrogens with zero attached hydrogens (tertiary/aromatic N) is 2. The third-order valence-corrected chi connectivity index (χ3v) is 6.79. The number of aryl methyl sites for hydroxylation is 1. The van der Waals surface area contributed by atoms with E-state index >= 15 is 0 Å². The fraction of sp³-hybridized carbons (Fsp3) is 0.273. The zero-order chi connectivity index (χ0) is 30.4. The van der Waals surface area contributed by atoms with Gasteiger partial charge in [-0.25, -0.2) is 4.98 Å². The SMILES string of the molecule is CCOCC(=O)Nc1cccc(Nc2nc(-c3cccc(NC(=O)c4ccc(C(C)(C)C)cc4)c3C)cn(C)c2=O)c1. The summed E-state index contributed by atoms with van der Waals surface area (Å²) in [4.78, 5) is 42.7. The van der Waals surface area contributed by atoms with E-state index < -0.39 is 0 Å². The quantitative estimate of drug-likeness (QED) is 0.228. The molecule has 0 fully saturated rings. The summed E-state index contributed by atoms with van der Waals surface area (Å²) in [5.41, 5.74) is 5.34. The first kappa shape index (κ1) is 30.2. The summed E-state index contributed by atoms with van der Waals surface area (Å²) in [6.45, 7) is 10.5. The molecule has 3 aromatic carbocycles. The lowest BCUT2D eigenvalue weighted by Crippen LogP contribution is -2.22. The van der Waals surface area contributed by atoms with Crippen molar-refractivity contribution in [2.75, 3.05) is 29.2 Å². The summed E-state index contributed by atoms with van der Waals surface area (Å²) in [7, 11) is 1.66. The summed E-state index contributed by atoms with van der Waals surface area (Å²) in [6.07, 6.45) is 1.66. The summed E-state index contributed by atoms with van der Waals surface area (Å²) in [5, 5.41) is 8.88. The minimum Gasteiger partial charge on any atom is -0.372 e. The highest BCUT2D eigenvalue weighted by atomic mass is 16.5. The van der Waals surface area contributed by atoms with E-state index in [9.17, 15) is 14.4 Å². The van der Waals surface area contributed by atoms with E-state index in [0.29, 0.717) is 34.9 Å². The van der Waals surface area contributed by atoms with Crippen LogP contribution in [0.3, 0.4) is 0 Å². The van der Waals surface area contributed by atoms with Crippen molar-refractivity contribution in [1.82, 2.24) is 9.55 Å². The summed E-state index contributed by atoms with van der Waals surface area (Å²) in [6, 6.07) is 20.2. The van der Waals surface area contributed by atoms with Gasteiger partial charge in [0.2, 0.25) is 5.91 Å². The van der Waals surface area contributed by atoms with E-state index in [0.717, 1.165) is 16.7 Å². The molecule has 0 bridgehead atoms. The van der Waals surface area contributed by atoms with Gasteiger partial charge < -0.3 is 25.3 Å². The van der Waals surface area contributed by atoms with Crippen LogP contribution in [0.4, 0.5) is 22.9 Å². The second-order valence-electron chi connectivity index (χ2n) is 11.0. The van der Waals surface area contributed by atoms with Crippen molar-refractivity contribution in [2.45, 2.75) is 40.0 Å². The number of anilines is 4. The van der Waals surface area contributed by atoms with Gasteiger partial charge in [-0.2, -0.15) is 0 Å². The van der Waals surface area contributed by atoms with Crippen molar-refractivity contribution in [2.24, 2.45) is 7.05 Å². The fourth-order valence-electron chi connectivity index (χ4n) is 4.39. The molecular weight excluding hydrogens is 530 g/mol. The minimum atomic E-state index is -0.314. The standard InChI is InChI=1S/C33H37N5O4/c1-7-42-20-29(39)34-24-10-8-11-25(18-24)35-30-32(41)38(6)19-28(36-30)26-12-9-13-27(21(26)2)37-31(40)22-14-16-23(17-15-22)33(3,4)5/h8-19H,7,20H2,1-6H3,(H,34,39)(H,35,36)(H,37,40). The molecule has 0 saturated heterocycles. The molecule has 2 amide bonds. The van der Waals surface area contributed by atoms with Gasteiger partial charge >= 0.3 is 0 Å². The van der Waals surface area contributed by atoms with Crippen LogP contribution in [0.2, 0.25) is 0 Å². The molecule has 218 valence electrons. The Bertz CT molecular complexity index is 1650.